The van der Waals surface area contributed by atoms with E-state index >= 15 is 0 Å². The first kappa shape index (κ1) is 39.8. The lowest BCUT2D eigenvalue weighted by Crippen LogP contribution is -1.89. The minimum Gasteiger partial charge on any atom is -0.0622 e. The van der Waals surface area contributed by atoms with E-state index in [0.717, 1.165) is 27.8 Å². The lowest BCUT2D eigenvalue weighted by Gasteiger charge is -2.14. The van der Waals surface area contributed by atoms with Crippen LogP contribution >= 0.6 is 0 Å². The van der Waals surface area contributed by atoms with E-state index in [4.69, 9.17) is 0 Å². The first-order chi connectivity index (χ1) is 31.7. The molecule has 0 spiro atoms. The largest absolute Gasteiger partial charge is 0.0622 e. The predicted molar refractivity (Wildman–Crippen MR) is 277 cm³/mol. The summed E-state index contributed by atoms with van der Waals surface area (Å²) in [6.45, 7) is 0. The van der Waals surface area contributed by atoms with E-state index in [-0.39, 0.29) is 0 Å². The number of hydrogen-bond donors (Lipinski definition) is 0. The van der Waals surface area contributed by atoms with Crippen LogP contribution in [-0.2, 0) is 0 Å². The summed E-state index contributed by atoms with van der Waals surface area (Å²) in [5.74, 6) is 0. The van der Waals surface area contributed by atoms with Crippen molar-refractivity contribution in [3.05, 3.63) is 298 Å². The van der Waals surface area contributed by atoms with Gasteiger partial charge in [0.2, 0.25) is 0 Å². The lowest BCUT2D eigenvalue weighted by molar-refractivity contribution is 1.55. The van der Waals surface area contributed by atoms with Gasteiger partial charge in [-0.3, -0.25) is 0 Å². The molecule has 0 atom stereocenters. The molecule has 10 rings (SSSR count). The number of hydrogen-bond acceptors (Lipinski definition) is 0. The van der Waals surface area contributed by atoms with E-state index in [1.165, 1.54) is 71.6 Å². The minimum atomic E-state index is 1.15. The zero-order chi connectivity index (χ0) is 42.9. The molecule has 0 radical (unpaired) electrons. The summed E-state index contributed by atoms with van der Waals surface area (Å²) in [7, 11) is 0. The number of fused-ring (bicyclic) bond motifs is 3. The molecule has 0 saturated carbocycles. The van der Waals surface area contributed by atoms with Gasteiger partial charge in [-0.2, -0.15) is 0 Å². The van der Waals surface area contributed by atoms with E-state index in [0.29, 0.717) is 0 Å². The van der Waals surface area contributed by atoms with Crippen molar-refractivity contribution in [3.8, 4) is 11.1 Å². The molecule has 0 heterocycles. The van der Waals surface area contributed by atoms with Gasteiger partial charge in [0.15, 0.2) is 0 Å². The Kier molecular flexibility index (Phi) is 11.7. The molecular formula is C64H46. The van der Waals surface area contributed by atoms with Crippen LogP contribution in [-0.4, -0.2) is 0 Å². The maximum Gasteiger partial charge on any atom is -0.00928 e. The van der Waals surface area contributed by atoms with Gasteiger partial charge >= 0.3 is 0 Å². The van der Waals surface area contributed by atoms with Gasteiger partial charge in [-0.25, -0.2) is 0 Å². The van der Waals surface area contributed by atoms with Gasteiger partial charge in [-0.15, -0.1) is 0 Å². The highest BCUT2D eigenvalue weighted by molar-refractivity contribution is 6.14. The van der Waals surface area contributed by atoms with Crippen LogP contribution in [0.25, 0.3) is 80.3 Å². The zero-order valence-corrected chi connectivity index (χ0v) is 35.6. The Labute approximate surface area is 376 Å². The van der Waals surface area contributed by atoms with Gasteiger partial charge in [-0.05, 0) is 124 Å². The topological polar surface area (TPSA) is 0 Å². The summed E-state index contributed by atoms with van der Waals surface area (Å²) in [4.78, 5) is 0. The molecular weight excluding hydrogens is 769 g/mol. The normalized spacial score (nSPS) is 11.3. The molecule has 0 amide bonds. The summed E-state index contributed by atoms with van der Waals surface area (Å²) in [5, 5.41) is 5.01. The SMILES string of the molecule is C(=Cc1ccc(C=Cc2ccc(C=C(c3ccccc3)c3ccccc3)cc2)c(-c2cc3ccccc3c3ccccc23)c1)c1ccc(C=C(c2ccccc2)c2ccccc2)cc1. The molecule has 0 heteroatoms. The molecule has 0 aliphatic rings. The van der Waals surface area contributed by atoms with Gasteiger partial charge in [0.1, 0.15) is 0 Å². The van der Waals surface area contributed by atoms with E-state index in [1.807, 2.05) is 0 Å². The quantitative estimate of drug-likeness (QED) is 0.0901. The van der Waals surface area contributed by atoms with Crippen LogP contribution in [0.1, 0.15) is 55.6 Å². The average Bonchev–Trinajstić information content (AvgIpc) is 3.37. The van der Waals surface area contributed by atoms with Gasteiger partial charge in [0.05, 0.1) is 0 Å². The second-order valence-corrected chi connectivity index (χ2v) is 16.1. The minimum absolute atomic E-state index is 1.15. The second kappa shape index (κ2) is 18.7. The highest BCUT2D eigenvalue weighted by atomic mass is 14.2. The molecule has 0 bridgehead atoms. The molecule has 302 valence electrons. The monoisotopic (exact) mass is 814 g/mol. The Bertz CT molecular complexity index is 3210. The van der Waals surface area contributed by atoms with Crippen molar-refractivity contribution < 1.29 is 0 Å². The highest BCUT2D eigenvalue weighted by Gasteiger charge is 2.12. The Balaban J connectivity index is 0.981. The van der Waals surface area contributed by atoms with Gasteiger partial charge in [0.25, 0.3) is 0 Å². The molecule has 10 aromatic carbocycles. The molecule has 0 aliphatic heterocycles. The van der Waals surface area contributed by atoms with Crippen LogP contribution in [0.4, 0.5) is 0 Å². The zero-order valence-electron chi connectivity index (χ0n) is 35.6. The Morgan fingerprint density at radius 3 is 1.12 bits per heavy atom. The number of benzene rings is 10. The highest BCUT2D eigenvalue weighted by Crippen LogP contribution is 2.38. The van der Waals surface area contributed by atoms with E-state index in [9.17, 15) is 0 Å². The summed E-state index contributed by atoms with van der Waals surface area (Å²) in [6.07, 6.45) is 13.5. The van der Waals surface area contributed by atoms with Crippen molar-refractivity contribution in [3.63, 3.8) is 0 Å². The Morgan fingerprint density at radius 1 is 0.250 bits per heavy atom. The third kappa shape index (κ3) is 9.00. The smallest absolute Gasteiger partial charge is 0.00928 e. The maximum absolute atomic E-state index is 2.36. The second-order valence-electron chi connectivity index (χ2n) is 16.1. The van der Waals surface area contributed by atoms with Crippen LogP contribution < -0.4 is 0 Å². The van der Waals surface area contributed by atoms with E-state index in [1.54, 1.807) is 0 Å². The number of rotatable bonds is 11. The van der Waals surface area contributed by atoms with Crippen molar-refractivity contribution in [2.24, 2.45) is 0 Å². The molecule has 10 aromatic rings. The lowest BCUT2D eigenvalue weighted by atomic mass is 9.89. The fraction of sp³-hybridized carbons (Fsp3) is 0. The summed E-state index contributed by atoms with van der Waals surface area (Å²) in [5.41, 5.74) is 16.6. The van der Waals surface area contributed by atoms with Gasteiger partial charge in [-0.1, -0.05) is 255 Å². The Hall–Kier alpha value is -8.32. The third-order valence-electron chi connectivity index (χ3n) is 11.9. The van der Waals surface area contributed by atoms with Crippen LogP contribution in [0.3, 0.4) is 0 Å². The van der Waals surface area contributed by atoms with Crippen LogP contribution in [0, 0.1) is 0 Å². The first-order valence-corrected chi connectivity index (χ1v) is 22.0. The standard InChI is InChI=1S/C64H46/c1-5-17-52(18-6-1)61(53-19-7-2-8-20-53)43-49-34-29-47(30-35-49)31-38-51-40-42-56(63(45-51)64-46-57-25-13-14-26-58(57)59-27-15-16-28-60(59)64)41-39-48-32-36-50(37-33-48)44-62(54-21-9-3-10-22-54)55-23-11-4-12-24-55/h1-46H. The van der Waals surface area contributed by atoms with E-state index in [2.05, 4.69) is 279 Å². The first-order valence-electron chi connectivity index (χ1n) is 22.0. The van der Waals surface area contributed by atoms with E-state index < -0.39 is 0 Å². The maximum atomic E-state index is 2.36. The van der Waals surface area contributed by atoms with Crippen molar-refractivity contribution in [2.75, 3.05) is 0 Å². The molecule has 0 fully saturated rings. The summed E-state index contributed by atoms with van der Waals surface area (Å²) >= 11 is 0. The Morgan fingerprint density at radius 2 is 0.625 bits per heavy atom. The molecule has 0 N–H and O–H groups in total. The van der Waals surface area contributed by atoms with Crippen LogP contribution in [0.15, 0.2) is 243 Å². The molecule has 0 aliphatic carbocycles. The fourth-order valence-corrected chi connectivity index (χ4v) is 8.59. The third-order valence-corrected chi connectivity index (χ3v) is 11.9. The molecule has 0 aromatic heterocycles. The van der Waals surface area contributed by atoms with Gasteiger partial charge < -0.3 is 0 Å². The van der Waals surface area contributed by atoms with Crippen molar-refractivity contribution in [1.29, 1.82) is 0 Å². The predicted octanol–water partition coefficient (Wildman–Crippen LogP) is 17.2. The van der Waals surface area contributed by atoms with Crippen molar-refractivity contribution in [2.45, 2.75) is 0 Å². The van der Waals surface area contributed by atoms with Crippen LogP contribution in [0.5, 0.6) is 0 Å². The van der Waals surface area contributed by atoms with Gasteiger partial charge in [0, 0.05) is 0 Å². The fourth-order valence-electron chi connectivity index (χ4n) is 8.59. The molecule has 64 heavy (non-hydrogen) atoms. The molecule has 0 unspecified atom stereocenters. The summed E-state index contributed by atoms with van der Waals surface area (Å²) < 4.78 is 0. The average molecular weight is 815 g/mol. The van der Waals surface area contributed by atoms with Crippen molar-refractivity contribution >= 4 is 69.1 Å². The van der Waals surface area contributed by atoms with Crippen LogP contribution in [0.2, 0.25) is 0 Å². The summed E-state index contributed by atoms with van der Waals surface area (Å²) in [6, 6.07) is 86.9. The molecule has 0 saturated heterocycles. The molecule has 0 nitrogen and oxygen atoms in total. The van der Waals surface area contributed by atoms with Crippen molar-refractivity contribution in [1.82, 2.24) is 0 Å².